The maximum absolute atomic E-state index is 13.2. The molecule has 4 N–H and O–H groups in total. The second kappa shape index (κ2) is 6.13. The first-order chi connectivity index (χ1) is 10.6. The van der Waals surface area contributed by atoms with E-state index in [1.807, 2.05) is 0 Å². The molecule has 1 fully saturated rings. The Bertz CT molecular complexity index is 671. The van der Waals surface area contributed by atoms with E-state index in [1.165, 1.54) is 25.2 Å². The maximum atomic E-state index is 13.2. The Balaban J connectivity index is 1.79. The summed E-state index contributed by atoms with van der Waals surface area (Å²) in [5.74, 6) is -0.903. The molecule has 1 aromatic heterocycles. The van der Waals surface area contributed by atoms with Gasteiger partial charge in [-0.05, 0) is 25.0 Å². The van der Waals surface area contributed by atoms with Gasteiger partial charge in [0.25, 0.3) is 0 Å². The fraction of sp³-hybridized carbons (Fsp3) is 0.333. The first-order valence-corrected chi connectivity index (χ1v) is 7.22. The molecule has 1 heterocycles. The van der Waals surface area contributed by atoms with Gasteiger partial charge in [-0.3, -0.25) is 0 Å². The largest absolute Gasteiger partial charge is 0.393 e. The molecule has 0 atom stereocenters. The van der Waals surface area contributed by atoms with Crippen LogP contribution in [0.3, 0.4) is 0 Å². The summed E-state index contributed by atoms with van der Waals surface area (Å²) in [7, 11) is 0. The van der Waals surface area contributed by atoms with Crippen LogP contribution in [0.15, 0.2) is 24.5 Å². The quantitative estimate of drug-likeness (QED) is 0.807. The molecule has 1 aliphatic carbocycles. The number of aromatic nitrogens is 2. The highest BCUT2D eigenvalue weighted by atomic mass is 19.2. The highest BCUT2D eigenvalue weighted by Crippen LogP contribution is 2.29. The minimum atomic E-state index is -0.929. The summed E-state index contributed by atoms with van der Waals surface area (Å²) >= 11 is 0. The molecular weight excluding hydrogens is 288 g/mol. The van der Waals surface area contributed by atoms with Crippen molar-refractivity contribution in [1.29, 1.82) is 0 Å². The number of benzene rings is 1. The summed E-state index contributed by atoms with van der Waals surface area (Å²) in [6, 6.07) is 3.89. The lowest BCUT2D eigenvalue weighted by atomic mass is 10.2. The van der Waals surface area contributed by atoms with Gasteiger partial charge in [0.1, 0.15) is 12.0 Å². The van der Waals surface area contributed by atoms with Crippen LogP contribution in [0.4, 0.5) is 31.8 Å². The Morgan fingerprint density at radius 3 is 2.50 bits per heavy atom. The molecule has 0 amide bonds. The molecule has 1 saturated carbocycles. The lowest BCUT2D eigenvalue weighted by Gasteiger charge is -2.16. The van der Waals surface area contributed by atoms with E-state index < -0.39 is 11.6 Å². The van der Waals surface area contributed by atoms with Gasteiger partial charge in [-0.1, -0.05) is 12.8 Å². The smallest absolute Gasteiger partial charge is 0.160 e. The van der Waals surface area contributed by atoms with Crippen LogP contribution in [0.5, 0.6) is 0 Å². The molecule has 1 aromatic carbocycles. The summed E-state index contributed by atoms with van der Waals surface area (Å²) in [5.41, 5.74) is 6.79. The third-order valence-corrected chi connectivity index (χ3v) is 3.76. The number of nitrogens with one attached hydrogen (secondary N) is 2. The maximum Gasteiger partial charge on any atom is 0.160 e. The van der Waals surface area contributed by atoms with Gasteiger partial charge in [0.05, 0.1) is 0 Å². The minimum Gasteiger partial charge on any atom is -0.393 e. The molecule has 3 rings (SSSR count). The third kappa shape index (κ3) is 3.08. The molecule has 0 aliphatic heterocycles. The van der Waals surface area contributed by atoms with Crippen molar-refractivity contribution >= 4 is 23.0 Å². The van der Waals surface area contributed by atoms with Crippen LogP contribution in [0.1, 0.15) is 25.7 Å². The first-order valence-electron chi connectivity index (χ1n) is 7.22. The minimum absolute atomic E-state index is 0.360. The number of anilines is 4. The standard InChI is InChI=1S/C15H17F2N5/c16-11-6-5-10(7-12(11)17)22-15-13(18)14(19-8-20-15)21-9-3-1-2-4-9/h5-9H,1-4,18H2,(H2,19,20,21,22). The Hall–Kier alpha value is -2.44. The summed E-state index contributed by atoms with van der Waals surface area (Å²) < 4.78 is 26.2. The van der Waals surface area contributed by atoms with E-state index in [9.17, 15) is 8.78 Å². The lowest BCUT2D eigenvalue weighted by Crippen LogP contribution is -2.17. The summed E-state index contributed by atoms with van der Waals surface area (Å²) in [6.07, 6.45) is 5.96. The second-order valence-corrected chi connectivity index (χ2v) is 5.36. The van der Waals surface area contributed by atoms with E-state index in [0.29, 0.717) is 29.1 Å². The predicted octanol–water partition coefficient (Wildman–Crippen LogP) is 3.44. The second-order valence-electron chi connectivity index (χ2n) is 5.36. The van der Waals surface area contributed by atoms with E-state index in [4.69, 9.17) is 5.73 Å². The van der Waals surface area contributed by atoms with E-state index in [2.05, 4.69) is 20.6 Å². The van der Waals surface area contributed by atoms with Crippen molar-refractivity contribution in [3.8, 4) is 0 Å². The average Bonchev–Trinajstić information content (AvgIpc) is 3.00. The number of hydrogen-bond donors (Lipinski definition) is 3. The molecule has 0 spiro atoms. The number of nitrogens with two attached hydrogens (primary N) is 1. The molecule has 0 saturated heterocycles. The zero-order valence-corrected chi connectivity index (χ0v) is 11.9. The summed E-state index contributed by atoms with van der Waals surface area (Å²) in [5, 5.41) is 6.19. The van der Waals surface area contributed by atoms with Gasteiger partial charge in [0.2, 0.25) is 0 Å². The molecule has 0 radical (unpaired) electrons. The van der Waals surface area contributed by atoms with Crippen molar-refractivity contribution in [3.63, 3.8) is 0 Å². The number of rotatable bonds is 4. The highest BCUT2D eigenvalue weighted by Gasteiger charge is 2.17. The van der Waals surface area contributed by atoms with Gasteiger partial charge in [-0.25, -0.2) is 18.7 Å². The monoisotopic (exact) mass is 305 g/mol. The van der Waals surface area contributed by atoms with Crippen molar-refractivity contribution in [1.82, 2.24) is 9.97 Å². The van der Waals surface area contributed by atoms with Gasteiger partial charge in [0, 0.05) is 17.8 Å². The van der Waals surface area contributed by atoms with Crippen molar-refractivity contribution in [2.45, 2.75) is 31.7 Å². The van der Waals surface area contributed by atoms with Gasteiger partial charge >= 0.3 is 0 Å². The molecule has 0 unspecified atom stereocenters. The van der Waals surface area contributed by atoms with Crippen LogP contribution < -0.4 is 16.4 Å². The van der Waals surface area contributed by atoms with Crippen LogP contribution in [0, 0.1) is 11.6 Å². The molecule has 7 heteroatoms. The van der Waals surface area contributed by atoms with Crippen LogP contribution in [-0.4, -0.2) is 16.0 Å². The fourth-order valence-electron chi connectivity index (χ4n) is 2.58. The third-order valence-electron chi connectivity index (χ3n) is 3.76. The van der Waals surface area contributed by atoms with Crippen LogP contribution >= 0.6 is 0 Å². The van der Waals surface area contributed by atoms with Crippen molar-refractivity contribution in [2.75, 3.05) is 16.4 Å². The topological polar surface area (TPSA) is 75.9 Å². The van der Waals surface area contributed by atoms with Crippen LogP contribution in [-0.2, 0) is 0 Å². The Labute approximate surface area is 127 Å². The zero-order valence-electron chi connectivity index (χ0n) is 11.9. The molecule has 2 aromatic rings. The average molecular weight is 305 g/mol. The van der Waals surface area contributed by atoms with E-state index in [-0.39, 0.29) is 0 Å². The van der Waals surface area contributed by atoms with Gasteiger partial charge in [0.15, 0.2) is 23.3 Å². The van der Waals surface area contributed by atoms with Gasteiger partial charge < -0.3 is 16.4 Å². The lowest BCUT2D eigenvalue weighted by molar-refractivity contribution is 0.509. The molecule has 22 heavy (non-hydrogen) atoms. The van der Waals surface area contributed by atoms with E-state index in [0.717, 1.165) is 25.0 Å². The first kappa shape index (κ1) is 14.5. The van der Waals surface area contributed by atoms with Crippen LogP contribution in [0.25, 0.3) is 0 Å². The number of hydrogen-bond acceptors (Lipinski definition) is 5. The molecule has 116 valence electrons. The zero-order chi connectivity index (χ0) is 15.5. The normalized spacial score (nSPS) is 15.0. The number of nitrogen functional groups attached to an aromatic ring is 1. The van der Waals surface area contributed by atoms with E-state index >= 15 is 0 Å². The SMILES string of the molecule is Nc1c(Nc2ccc(F)c(F)c2)ncnc1NC1CCCC1. The van der Waals surface area contributed by atoms with Gasteiger partial charge in [-0.2, -0.15) is 0 Å². The van der Waals surface area contributed by atoms with Crippen molar-refractivity contribution in [3.05, 3.63) is 36.2 Å². The highest BCUT2D eigenvalue weighted by molar-refractivity contribution is 5.77. The Morgan fingerprint density at radius 1 is 1.05 bits per heavy atom. The fourth-order valence-corrected chi connectivity index (χ4v) is 2.58. The van der Waals surface area contributed by atoms with Crippen molar-refractivity contribution in [2.24, 2.45) is 0 Å². The van der Waals surface area contributed by atoms with E-state index in [1.54, 1.807) is 0 Å². The number of nitrogens with zero attached hydrogens (tertiary/aromatic N) is 2. The molecule has 1 aliphatic rings. The summed E-state index contributed by atoms with van der Waals surface area (Å²) in [6.45, 7) is 0. The molecular formula is C15H17F2N5. The van der Waals surface area contributed by atoms with Crippen LogP contribution in [0.2, 0.25) is 0 Å². The Morgan fingerprint density at radius 2 is 1.77 bits per heavy atom. The van der Waals surface area contributed by atoms with Gasteiger partial charge in [-0.15, -0.1) is 0 Å². The molecule has 5 nitrogen and oxygen atoms in total. The van der Waals surface area contributed by atoms with Crippen molar-refractivity contribution < 1.29 is 8.78 Å². The predicted molar refractivity (Wildman–Crippen MR) is 82.0 cm³/mol. The Kier molecular flexibility index (Phi) is 4.04. The summed E-state index contributed by atoms with van der Waals surface area (Å²) in [4.78, 5) is 8.21. The number of halogens is 2. The molecule has 0 bridgehead atoms.